The van der Waals surface area contributed by atoms with Gasteiger partial charge in [0.1, 0.15) is 5.15 Å². The van der Waals surface area contributed by atoms with Crippen molar-refractivity contribution in [3.63, 3.8) is 0 Å². The molecule has 1 atom stereocenters. The maximum Gasteiger partial charge on any atom is 0.254 e. The molecule has 0 saturated heterocycles. The lowest BCUT2D eigenvalue weighted by Crippen LogP contribution is -2.36. The van der Waals surface area contributed by atoms with Crippen molar-refractivity contribution < 1.29 is 4.79 Å². The Labute approximate surface area is 114 Å². The number of halogens is 1. The molecule has 100 valence electrons. The van der Waals surface area contributed by atoms with Crippen LogP contribution in [-0.2, 0) is 0 Å². The van der Waals surface area contributed by atoms with Gasteiger partial charge in [-0.25, -0.2) is 4.98 Å². The zero-order chi connectivity index (χ0) is 13.9. The Kier molecular flexibility index (Phi) is 5.15. The number of aromatic nitrogens is 1. The van der Waals surface area contributed by atoms with Crippen LogP contribution in [-0.4, -0.2) is 28.9 Å². The first-order valence-corrected chi connectivity index (χ1v) is 6.60. The molecule has 0 aliphatic carbocycles. The van der Waals surface area contributed by atoms with E-state index in [0.29, 0.717) is 16.6 Å². The summed E-state index contributed by atoms with van der Waals surface area (Å²) < 4.78 is 0. The zero-order valence-electron chi connectivity index (χ0n) is 11.7. The molecule has 0 aliphatic rings. The molecular weight excluding hydrogens is 248 g/mol. The molecule has 0 fully saturated rings. The Morgan fingerprint density at radius 2 is 2.00 bits per heavy atom. The van der Waals surface area contributed by atoms with Gasteiger partial charge in [0.15, 0.2) is 0 Å². The van der Waals surface area contributed by atoms with Gasteiger partial charge in [-0.05, 0) is 38.3 Å². The summed E-state index contributed by atoms with van der Waals surface area (Å²) in [6, 6.07) is 3.60. The van der Waals surface area contributed by atoms with Crippen LogP contribution in [0.1, 0.15) is 43.2 Å². The van der Waals surface area contributed by atoms with Crippen molar-refractivity contribution in [2.45, 2.75) is 40.2 Å². The number of carbonyl (C=O) groups excluding carboxylic acids is 1. The van der Waals surface area contributed by atoms with Crippen LogP contribution < -0.4 is 0 Å². The van der Waals surface area contributed by atoms with Crippen molar-refractivity contribution in [3.8, 4) is 0 Å². The third-order valence-corrected chi connectivity index (χ3v) is 3.16. The molecule has 4 heteroatoms. The molecule has 0 N–H and O–H groups in total. The molecule has 0 radical (unpaired) electrons. The first kappa shape index (κ1) is 15.0. The first-order chi connectivity index (χ1) is 8.31. The Bertz CT molecular complexity index is 412. The summed E-state index contributed by atoms with van der Waals surface area (Å²) in [5.74, 6) is 0.563. The molecule has 0 bridgehead atoms. The summed E-state index contributed by atoms with van der Waals surface area (Å²) in [5.41, 5.74) is 1.36. The standard InChI is InChI=1S/C14H21ClN2O/c1-9(2)6-11(4)17(5)14(18)12-7-10(3)16-13(15)8-12/h7-9,11H,6H2,1-5H3. The van der Waals surface area contributed by atoms with E-state index < -0.39 is 0 Å². The van der Waals surface area contributed by atoms with Crippen LogP contribution in [0, 0.1) is 12.8 Å². The normalized spacial score (nSPS) is 12.6. The Hall–Kier alpha value is -1.09. The minimum atomic E-state index is -0.00412. The lowest BCUT2D eigenvalue weighted by atomic mass is 10.0. The summed E-state index contributed by atoms with van der Waals surface area (Å²) in [4.78, 5) is 18.1. The Morgan fingerprint density at radius 1 is 1.39 bits per heavy atom. The molecule has 18 heavy (non-hydrogen) atoms. The largest absolute Gasteiger partial charge is 0.339 e. The highest BCUT2D eigenvalue weighted by Gasteiger charge is 2.19. The molecule has 0 aliphatic heterocycles. The van der Waals surface area contributed by atoms with Crippen LogP contribution in [0.5, 0.6) is 0 Å². The lowest BCUT2D eigenvalue weighted by molar-refractivity contribution is 0.0728. The summed E-state index contributed by atoms with van der Waals surface area (Å²) in [7, 11) is 1.83. The molecule has 3 nitrogen and oxygen atoms in total. The molecule has 1 rings (SSSR count). The summed E-state index contributed by atoms with van der Waals surface area (Å²) in [6.45, 7) is 8.21. The SMILES string of the molecule is Cc1cc(C(=O)N(C)C(C)CC(C)C)cc(Cl)n1. The summed E-state index contributed by atoms with van der Waals surface area (Å²) in [6.07, 6.45) is 0.986. The molecular formula is C14H21ClN2O. The second kappa shape index (κ2) is 6.19. The van der Waals surface area contributed by atoms with Gasteiger partial charge in [0.25, 0.3) is 5.91 Å². The van der Waals surface area contributed by atoms with E-state index in [-0.39, 0.29) is 11.9 Å². The lowest BCUT2D eigenvalue weighted by Gasteiger charge is -2.26. The monoisotopic (exact) mass is 268 g/mol. The maximum absolute atomic E-state index is 12.3. The number of pyridine rings is 1. The molecule has 1 heterocycles. The average molecular weight is 269 g/mol. The van der Waals surface area contributed by atoms with Crippen LogP contribution in [0.25, 0.3) is 0 Å². The van der Waals surface area contributed by atoms with E-state index in [0.717, 1.165) is 12.1 Å². The molecule has 0 spiro atoms. The van der Waals surface area contributed by atoms with E-state index in [4.69, 9.17) is 11.6 Å². The van der Waals surface area contributed by atoms with Crippen LogP contribution >= 0.6 is 11.6 Å². The topological polar surface area (TPSA) is 33.2 Å². The highest BCUT2D eigenvalue weighted by molar-refractivity contribution is 6.29. The molecule has 1 aromatic heterocycles. The fourth-order valence-corrected chi connectivity index (χ4v) is 2.25. The van der Waals surface area contributed by atoms with Gasteiger partial charge in [0.05, 0.1) is 0 Å². The second-order valence-electron chi connectivity index (χ2n) is 5.21. The van der Waals surface area contributed by atoms with Gasteiger partial charge in [-0.15, -0.1) is 0 Å². The molecule has 0 saturated carbocycles. The Balaban J connectivity index is 2.86. The van der Waals surface area contributed by atoms with Gasteiger partial charge in [-0.2, -0.15) is 0 Å². The smallest absolute Gasteiger partial charge is 0.254 e. The zero-order valence-corrected chi connectivity index (χ0v) is 12.5. The van der Waals surface area contributed by atoms with Crippen molar-refractivity contribution in [1.82, 2.24) is 9.88 Å². The van der Waals surface area contributed by atoms with Gasteiger partial charge < -0.3 is 4.90 Å². The number of rotatable bonds is 4. The fraction of sp³-hybridized carbons (Fsp3) is 0.571. The van der Waals surface area contributed by atoms with Gasteiger partial charge in [-0.3, -0.25) is 4.79 Å². The predicted octanol–water partition coefficient (Wildman–Crippen LogP) is 3.55. The Morgan fingerprint density at radius 3 is 2.50 bits per heavy atom. The summed E-state index contributed by atoms with van der Waals surface area (Å²) in [5, 5.41) is 0.364. The van der Waals surface area contributed by atoms with Crippen molar-refractivity contribution in [3.05, 3.63) is 28.5 Å². The third kappa shape index (κ3) is 3.98. The first-order valence-electron chi connectivity index (χ1n) is 6.22. The number of nitrogens with zero attached hydrogens (tertiary/aromatic N) is 2. The van der Waals surface area contributed by atoms with Crippen LogP contribution in [0.4, 0.5) is 0 Å². The summed E-state index contributed by atoms with van der Waals surface area (Å²) >= 11 is 5.88. The van der Waals surface area contributed by atoms with E-state index in [1.165, 1.54) is 0 Å². The minimum absolute atomic E-state index is 0.00412. The number of amides is 1. The highest BCUT2D eigenvalue weighted by atomic mass is 35.5. The fourth-order valence-electron chi connectivity index (χ4n) is 2.00. The van der Waals surface area contributed by atoms with Crippen LogP contribution in [0.2, 0.25) is 5.15 Å². The van der Waals surface area contributed by atoms with Crippen molar-refractivity contribution in [2.24, 2.45) is 5.92 Å². The van der Waals surface area contributed by atoms with Crippen LogP contribution in [0.3, 0.4) is 0 Å². The number of hydrogen-bond acceptors (Lipinski definition) is 2. The van der Waals surface area contributed by atoms with Gasteiger partial charge in [-0.1, -0.05) is 25.4 Å². The van der Waals surface area contributed by atoms with E-state index in [9.17, 15) is 4.79 Å². The van der Waals surface area contributed by atoms with Gasteiger partial charge >= 0.3 is 0 Å². The van der Waals surface area contributed by atoms with E-state index in [1.54, 1.807) is 17.0 Å². The van der Waals surface area contributed by atoms with E-state index >= 15 is 0 Å². The number of hydrogen-bond donors (Lipinski definition) is 0. The second-order valence-corrected chi connectivity index (χ2v) is 5.60. The quantitative estimate of drug-likeness (QED) is 0.783. The van der Waals surface area contributed by atoms with Crippen molar-refractivity contribution in [2.75, 3.05) is 7.05 Å². The molecule has 1 amide bonds. The number of aryl methyl sites for hydroxylation is 1. The van der Waals surface area contributed by atoms with E-state index in [1.807, 2.05) is 14.0 Å². The maximum atomic E-state index is 12.3. The van der Waals surface area contributed by atoms with Crippen molar-refractivity contribution in [1.29, 1.82) is 0 Å². The molecule has 1 unspecified atom stereocenters. The van der Waals surface area contributed by atoms with E-state index in [2.05, 4.69) is 25.8 Å². The van der Waals surface area contributed by atoms with Crippen molar-refractivity contribution >= 4 is 17.5 Å². The van der Waals surface area contributed by atoms with Crippen LogP contribution in [0.15, 0.2) is 12.1 Å². The average Bonchev–Trinajstić information content (AvgIpc) is 2.24. The van der Waals surface area contributed by atoms with Gasteiger partial charge in [0, 0.05) is 24.3 Å². The minimum Gasteiger partial charge on any atom is -0.339 e. The third-order valence-electron chi connectivity index (χ3n) is 2.96. The predicted molar refractivity (Wildman–Crippen MR) is 75.0 cm³/mol. The number of carbonyl (C=O) groups is 1. The molecule has 0 aromatic carbocycles. The van der Waals surface area contributed by atoms with Gasteiger partial charge in [0.2, 0.25) is 0 Å². The highest BCUT2D eigenvalue weighted by Crippen LogP contribution is 2.16. The molecule has 1 aromatic rings.